The lowest BCUT2D eigenvalue weighted by Gasteiger charge is -2.03. The van der Waals surface area contributed by atoms with Crippen molar-refractivity contribution >= 4 is 40.5 Å². The number of benzene rings is 1. The van der Waals surface area contributed by atoms with E-state index in [0.717, 1.165) is 0 Å². The zero-order chi connectivity index (χ0) is 11.7. The molecule has 1 heterocycles. The number of carboxylic acid groups (broad SMARTS) is 1. The van der Waals surface area contributed by atoms with Crippen molar-refractivity contribution < 1.29 is 9.90 Å². The Morgan fingerprint density at radius 1 is 1.19 bits per heavy atom. The molecule has 2 nitrogen and oxygen atoms in total. The molecule has 0 aliphatic carbocycles. The van der Waals surface area contributed by atoms with Crippen LogP contribution in [0.2, 0.25) is 10.0 Å². The maximum atomic E-state index is 11.0. The van der Waals surface area contributed by atoms with Gasteiger partial charge in [-0.1, -0.05) is 29.3 Å². The van der Waals surface area contributed by atoms with Gasteiger partial charge in [-0.15, -0.1) is 11.3 Å². The normalized spacial score (nSPS) is 10.4. The van der Waals surface area contributed by atoms with Gasteiger partial charge in [0.25, 0.3) is 0 Å². The SMILES string of the molecule is O=C(O)c1sccc1-c1ccc(Cl)cc1Cl. The van der Waals surface area contributed by atoms with Crippen LogP contribution in [0.5, 0.6) is 0 Å². The predicted molar refractivity (Wildman–Crippen MR) is 66.7 cm³/mol. The minimum atomic E-state index is -0.948. The highest BCUT2D eigenvalue weighted by molar-refractivity contribution is 7.12. The summed E-state index contributed by atoms with van der Waals surface area (Å²) in [6, 6.07) is 6.75. The van der Waals surface area contributed by atoms with Crippen LogP contribution in [-0.4, -0.2) is 11.1 Å². The van der Waals surface area contributed by atoms with E-state index in [0.29, 0.717) is 21.2 Å². The van der Waals surface area contributed by atoms with Crippen molar-refractivity contribution in [2.75, 3.05) is 0 Å². The van der Waals surface area contributed by atoms with Gasteiger partial charge in [0.2, 0.25) is 0 Å². The molecule has 0 saturated heterocycles. The van der Waals surface area contributed by atoms with Crippen molar-refractivity contribution in [3.05, 3.63) is 44.6 Å². The number of carboxylic acids is 1. The Morgan fingerprint density at radius 3 is 2.56 bits per heavy atom. The standard InChI is InChI=1S/C11H6Cl2O2S/c12-6-1-2-7(9(13)5-6)8-3-4-16-10(8)11(14)15/h1-5H,(H,14,15). The molecular weight excluding hydrogens is 267 g/mol. The maximum Gasteiger partial charge on any atom is 0.346 e. The molecule has 5 heteroatoms. The molecule has 0 radical (unpaired) electrons. The fraction of sp³-hybridized carbons (Fsp3) is 0. The first-order valence-electron chi connectivity index (χ1n) is 4.36. The third kappa shape index (κ3) is 2.07. The molecule has 2 rings (SSSR count). The molecule has 0 aliphatic heterocycles. The fourth-order valence-electron chi connectivity index (χ4n) is 1.39. The highest BCUT2D eigenvalue weighted by Crippen LogP contribution is 2.34. The molecule has 0 aliphatic rings. The Hall–Kier alpha value is -1.03. The van der Waals surface area contributed by atoms with Crippen molar-refractivity contribution in [2.45, 2.75) is 0 Å². The third-order valence-corrected chi connectivity index (χ3v) is 3.53. The first kappa shape index (κ1) is 11.5. The van der Waals surface area contributed by atoms with E-state index in [4.69, 9.17) is 28.3 Å². The summed E-state index contributed by atoms with van der Waals surface area (Å²) in [5.41, 5.74) is 1.31. The Morgan fingerprint density at radius 2 is 1.94 bits per heavy atom. The minimum absolute atomic E-state index is 0.282. The number of hydrogen-bond acceptors (Lipinski definition) is 2. The van der Waals surface area contributed by atoms with Gasteiger partial charge in [-0.2, -0.15) is 0 Å². The van der Waals surface area contributed by atoms with Gasteiger partial charge in [-0.3, -0.25) is 0 Å². The average Bonchev–Trinajstić information content (AvgIpc) is 2.66. The van der Waals surface area contributed by atoms with Crippen LogP contribution in [0, 0.1) is 0 Å². The zero-order valence-electron chi connectivity index (χ0n) is 7.91. The van der Waals surface area contributed by atoms with Gasteiger partial charge in [-0.25, -0.2) is 4.79 Å². The first-order chi connectivity index (χ1) is 7.59. The molecule has 1 aromatic carbocycles. The summed E-state index contributed by atoms with van der Waals surface area (Å²) in [7, 11) is 0. The number of carbonyl (C=O) groups is 1. The Balaban J connectivity index is 2.59. The summed E-state index contributed by atoms with van der Waals surface area (Å²) >= 11 is 13.0. The molecule has 0 saturated carbocycles. The van der Waals surface area contributed by atoms with Crippen LogP contribution in [-0.2, 0) is 0 Å². The van der Waals surface area contributed by atoms with E-state index >= 15 is 0 Å². The number of hydrogen-bond donors (Lipinski definition) is 1. The summed E-state index contributed by atoms with van der Waals surface area (Å²) in [6.07, 6.45) is 0. The van der Waals surface area contributed by atoms with E-state index in [1.54, 1.807) is 29.6 Å². The molecule has 0 spiro atoms. The zero-order valence-corrected chi connectivity index (χ0v) is 10.2. The summed E-state index contributed by atoms with van der Waals surface area (Å²) in [4.78, 5) is 11.3. The molecular formula is C11H6Cl2O2S. The van der Waals surface area contributed by atoms with Gasteiger partial charge in [0.05, 0.1) is 0 Å². The van der Waals surface area contributed by atoms with Crippen molar-refractivity contribution in [3.63, 3.8) is 0 Å². The number of rotatable bonds is 2. The number of halogens is 2. The summed E-state index contributed by atoms with van der Waals surface area (Å²) in [5, 5.41) is 11.7. The highest BCUT2D eigenvalue weighted by Gasteiger charge is 2.15. The Kier molecular flexibility index (Phi) is 3.19. The molecule has 1 aromatic heterocycles. The lowest BCUT2D eigenvalue weighted by atomic mass is 10.1. The van der Waals surface area contributed by atoms with Crippen molar-refractivity contribution in [1.29, 1.82) is 0 Å². The summed E-state index contributed by atoms with van der Waals surface area (Å²) in [5.74, 6) is -0.948. The molecule has 0 amide bonds. The predicted octanol–water partition coefficient (Wildman–Crippen LogP) is 4.42. The van der Waals surface area contributed by atoms with Crippen LogP contribution in [0.3, 0.4) is 0 Å². The Bertz CT molecular complexity index is 549. The van der Waals surface area contributed by atoms with Crippen LogP contribution in [0.1, 0.15) is 9.67 Å². The summed E-state index contributed by atoms with van der Waals surface area (Å²) < 4.78 is 0. The van der Waals surface area contributed by atoms with E-state index in [-0.39, 0.29) is 4.88 Å². The highest BCUT2D eigenvalue weighted by atomic mass is 35.5. The van der Waals surface area contributed by atoms with Gasteiger partial charge in [0.1, 0.15) is 4.88 Å². The van der Waals surface area contributed by atoms with Crippen LogP contribution >= 0.6 is 34.5 Å². The largest absolute Gasteiger partial charge is 0.477 e. The summed E-state index contributed by atoms with van der Waals surface area (Å²) in [6.45, 7) is 0. The molecule has 16 heavy (non-hydrogen) atoms. The van der Waals surface area contributed by atoms with Gasteiger partial charge < -0.3 is 5.11 Å². The van der Waals surface area contributed by atoms with E-state index in [1.165, 1.54) is 11.3 Å². The van der Waals surface area contributed by atoms with E-state index in [1.807, 2.05) is 0 Å². The fourth-order valence-corrected chi connectivity index (χ4v) is 2.65. The van der Waals surface area contributed by atoms with Crippen molar-refractivity contribution in [3.8, 4) is 11.1 Å². The second-order valence-electron chi connectivity index (χ2n) is 3.09. The lowest BCUT2D eigenvalue weighted by molar-refractivity contribution is 0.0703. The van der Waals surface area contributed by atoms with Crippen LogP contribution < -0.4 is 0 Å². The van der Waals surface area contributed by atoms with Crippen molar-refractivity contribution in [2.24, 2.45) is 0 Å². The molecule has 82 valence electrons. The smallest absolute Gasteiger partial charge is 0.346 e. The van der Waals surface area contributed by atoms with Gasteiger partial charge >= 0.3 is 5.97 Å². The molecule has 0 bridgehead atoms. The Labute approximate surface area is 106 Å². The topological polar surface area (TPSA) is 37.3 Å². The second-order valence-corrected chi connectivity index (χ2v) is 4.85. The van der Waals surface area contributed by atoms with Crippen molar-refractivity contribution in [1.82, 2.24) is 0 Å². The molecule has 2 aromatic rings. The minimum Gasteiger partial charge on any atom is -0.477 e. The molecule has 0 unspecified atom stereocenters. The van der Waals surface area contributed by atoms with Gasteiger partial charge in [0, 0.05) is 21.2 Å². The third-order valence-electron chi connectivity index (χ3n) is 2.08. The second kappa shape index (κ2) is 4.45. The molecule has 0 atom stereocenters. The van der Waals surface area contributed by atoms with Gasteiger partial charge in [-0.05, 0) is 23.6 Å². The van der Waals surface area contributed by atoms with E-state index in [9.17, 15) is 4.79 Å². The van der Waals surface area contributed by atoms with E-state index < -0.39 is 5.97 Å². The van der Waals surface area contributed by atoms with Gasteiger partial charge in [0.15, 0.2) is 0 Å². The average molecular weight is 273 g/mol. The quantitative estimate of drug-likeness (QED) is 0.879. The number of aromatic carboxylic acids is 1. The van der Waals surface area contributed by atoms with E-state index in [2.05, 4.69) is 0 Å². The number of thiophene rings is 1. The van der Waals surface area contributed by atoms with Crippen LogP contribution in [0.4, 0.5) is 0 Å². The monoisotopic (exact) mass is 272 g/mol. The lowest BCUT2D eigenvalue weighted by Crippen LogP contribution is -1.94. The van der Waals surface area contributed by atoms with Crippen LogP contribution in [0.15, 0.2) is 29.6 Å². The first-order valence-corrected chi connectivity index (χ1v) is 5.99. The molecule has 1 N–H and O–H groups in total. The molecule has 0 fully saturated rings. The maximum absolute atomic E-state index is 11.0. The van der Waals surface area contributed by atoms with Crippen LogP contribution in [0.25, 0.3) is 11.1 Å².